The van der Waals surface area contributed by atoms with Gasteiger partial charge in [0.1, 0.15) is 0 Å². The van der Waals surface area contributed by atoms with Crippen LogP contribution in [0.15, 0.2) is 41.3 Å². The average molecular weight is 175 g/mol. The topological polar surface area (TPSA) is 0 Å². The molecule has 2 aromatic rings. The molecular weight excluding hydrogens is 164 g/mol. The van der Waals surface area contributed by atoms with Gasteiger partial charge in [0.2, 0.25) is 0 Å². The van der Waals surface area contributed by atoms with Crippen molar-refractivity contribution >= 4 is 23.4 Å². The summed E-state index contributed by atoms with van der Waals surface area (Å²) in [6, 6.07) is 12.6. The lowest BCUT2D eigenvalue weighted by Crippen LogP contribution is -1.80. The highest BCUT2D eigenvalue weighted by molar-refractivity contribution is 7.59. The summed E-state index contributed by atoms with van der Waals surface area (Å²) in [5.74, 6) is 0. The van der Waals surface area contributed by atoms with Gasteiger partial charge in [-0.25, -0.2) is 0 Å². The minimum Gasteiger partial charge on any atom is -0.0616 e. The fourth-order valence-corrected chi connectivity index (χ4v) is 1.75. The molecular formula is C11H11S+. The summed E-state index contributed by atoms with van der Waals surface area (Å²) in [5, 5.41) is 2.61. The molecule has 0 fully saturated rings. The van der Waals surface area contributed by atoms with E-state index in [0.717, 1.165) is 4.90 Å². The second-order valence-electron chi connectivity index (χ2n) is 2.98. The molecule has 0 unspecified atom stereocenters. The smallest absolute Gasteiger partial charge is 0.0616 e. The first-order valence-electron chi connectivity index (χ1n) is 3.99. The Balaban J connectivity index is 2.95. The molecule has 1 heteroatoms. The van der Waals surface area contributed by atoms with E-state index < -0.39 is 0 Å². The molecule has 0 aliphatic heterocycles. The summed E-state index contributed by atoms with van der Waals surface area (Å²) in [6.07, 6.45) is 0. The van der Waals surface area contributed by atoms with Crippen LogP contribution >= 0.6 is 0 Å². The van der Waals surface area contributed by atoms with Crippen LogP contribution in [0.5, 0.6) is 0 Å². The van der Waals surface area contributed by atoms with Gasteiger partial charge >= 0.3 is 0 Å². The number of benzene rings is 2. The van der Waals surface area contributed by atoms with E-state index in [0.29, 0.717) is 0 Å². The van der Waals surface area contributed by atoms with Gasteiger partial charge in [-0.2, -0.15) is 0 Å². The zero-order valence-corrected chi connectivity index (χ0v) is 7.96. The Morgan fingerprint density at radius 1 is 0.917 bits per heavy atom. The molecule has 2 rings (SSSR count). The van der Waals surface area contributed by atoms with Crippen molar-refractivity contribution in [2.75, 3.05) is 0 Å². The first-order valence-corrected chi connectivity index (χ1v) is 4.49. The van der Waals surface area contributed by atoms with E-state index >= 15 is 0 Å². The van der Waals surface area contributed by atoms with Gasteiger partial charge in [0, 0.05) is 5.39 Å². The monoisotopic (exact) mass is 175 g/mol. The second-order valence-corrected chi connectivity index (χ2v) is 3.51. The van der Waals surface area contributed by atoms with Crippen molar-refractivity contribution in [3.8, 4) is 0 Å². The molecule has 0 saturated carbocycles. The van der Waals surface area contributed by atoms with Crippen LogP contribution in [0.25, 0.3) is 10.8 Å². The Kier molecular flexibility index (Phi) is 1.81. The van der Waals surface area contributed by atoms with Crippen molar-refractivity contribution in [1.82, 2.24) is 0 Å². The predicted molar refractivity (Wildman–Crippen MR) is 57.1 cm³/mol. The molecule has 2 aromatic carbocycles. The maximum Gasteiger partial charge on any atom is 0.158 e. The number of fused-ring (bicyclic) bond motifs is 1. The summed E-state index contributed by atoms with van der Waals surface area (Å²) in [6.45, 7) is 2.13. The lowest BCUT2D eigenvalue weighted by Gasteiger charge is -2.00. The van der Waals surface area contributed by atoms with E-state index in [1.807, 2.05) is 0 Å². The van der Waals surface area contributed by atoms with Crippen molar-refractivity contribution < 1.29 is 0 Å². The molecule has 0 saturated heterocycles. The van der Waals surface area contributed by atoms with Crippen molar-refractivity contribution in [2.24, 2.45) is 0 Å². The standard InChI is InChI=1S/C11H10S/c1-8-6-7-11(12)10-5-3-2-4-9(8)10/h2-7,12H,1H3/p+1. The molecule has 0 bridgehead atoms. The quantitative estimate of drug-likeness (QED) is 0.540. The first kappa shape index (κ1) is 7.69. The highest BCUT2D eigenvalue weighted by Gasteiger charge is 2.02. The van der Waals surface area contributed by atoms with Gasteiger partial charge in [-0.3, -0.25) is 0 Å². The van der Waals surface area contributed by atoms with Gasteiger partial charge in [0.15, 0.2) is 4.90 Å². The lowest BCUT2D eigenvalue weighted by atomic mass is 10.1. The highest BCUT2D eigenvalue weighted by Crippen LogP contribution is 2.21. The van der Waals surface area contributed by atoms with Gasteiger partial charge in [0.25, 0.3) is 0 Å². The minimum atomic E-state index is 1.16. The maximum absolute atomic E-state index is 3.58. The SMILES string of the molecule is Cc1ccc([SH2+])c2ccccc12. The van der Waals surface area contributed by atoms with Crippen LogP contribution in [0.3, 0.4) is 0 Å². The Morgan fingerprint density at radius 3 is 2.25 bits per heavy atom. The third-order valence-corrected chi connectivity index (χ3v) is 2.58. The predicted octanol–water partition coefficient (Wildman–Crippen LogP) is 2.52. The number of hydrogen-bond acceptors (Lipinski definition) is 0. The van der Waals surface area contributed by atoms with Crippen molar-refractivity contribution in [1.29, 1.82) is 0 Å². The van der Waals surface area contributed by atoms with E-state index in [4.69, 9.17) is 0 Å². The molecule has 0 aromatic heterocycles. The fraction of sp³-hybridized carbons (Fsp3) is 0.0909. The average Bonchev–Trinajstić information content (AvgIpc) is 2.12. The van der Waals surface area contributed by atoms with E-state index in [2.05, 4.69) is 56.0 Å². The summed E-state index contributed by atoms with van der Waals surface area (Å²) in [4.78, 5) is 1.16. The van der Waals surface area contributed by atoms with Crippen LogP contribution < -0.4 is 0 Å². The summed E-state index contributed by atoms with van der Waals surface area (Å²) in [7, 11) is 0. The van der Waals surface area contributed by atoms with Crippen molar-refractivity contribution in [3.05, 3.63) is 42.0 Å². The van der Waals surface area contributed by atoms with Gasteiger partial charge in [-0.05, 0) is 42.6 Å². The molecule has 0 atom stereocenters. The number of aryl methyl sites for hydroxylation is 1. The molecule has 60 valence electrons. The van der Waals surface area contributed by atoms with Crippen LogP contribution in [0.1, 0.15) is 5.56 Å². The normalized spacial score (nSPS) is 10.5. The number of hydrogen-bond donors (Lipinski definition) is 0. The highest BCUT2D eigenvalue weighted by atomic mass is 32.1. The lowest BCUT2D eigenvalue weighted by molar-refractivity contribution is 1.46. The van der Waals surface area contributed by atoms with Crippen LogP contribution in [0.4, 0.5) is 0 Å². The first-order chi connectivity index (χ1) is 5.79. The van der Waals surface area contributed by atoms with E-state index in [1.165, 1.54) is 16.3 Å². The second kappa shape index (κ2) is 2.83. The van der Waals surface area contributed by atoms with Crippen LogP contribution in [-0.2, 0) is 12.6 Å². The van der Waals surface area contributed by atoms with Gasteiger partial charge in [-0.15, -0.1) is 0 Å². The van der Waals surface area contributed by atoms with Crippen LogP contribution in [-0.4, -0.2) is 0 Å². The van der Waals surface area contributed by atoms with Crippen molar-refractivity contribution in [3.63, 3.8) is 0 Å². The Hall–Kier alpha value is -0.950. The Bertz CT molecular complexity index is 378. The molecule has 0 aliphatic rings. The van der Waals surface area contributed by atoms with Gasteiger partial charge in [-0.1, -0.05) is 24.3 Å². The summed E-state index contributed by atoms with van der Waals surface area (Å²) in [5.41, 5.74) is 1.33. The fourth-order valence-electron chi connectivity index (χ4n) is 1.45. The zero-order valence-electron chi connectivity index (χ0n) is 6.96. The van der Waals surface area contributed by atoms with E-state index in [1.54, 1.807) is 0 Å². The zero-order chi connectivity index (χ0) is 8.55. The molecule has 12 heavy (non-hydrogen) atoms. The maximum atomic E-state index is 3.58. The molecule has 0 spiro atoms. The molecule has 0 aliphatic carbocycles. The molecule has 0 amide bonds. The minimum absolute atomic E-state index is 1.16. The molecule has 0 heterocycles. The third kappa shape index (κ3) is 1.10. The van der Waals surface area contributed by atoms with Crippen LogP contribution in [0, 0.1) is 6.92 Å². The van der Waals surface area contributed by atoms with Gasteiger partial charge < -0.3 is 0 Å². The number of rotatable bonds is 0. The van der Waals surface area contributed by atoms with Crippen LogP contribution in [0.2, 0.25) is 0 Å². The molecule has 0 nitrogen and oxygen atoms in total. The van der Waals surface area contributed by atoms with E-state index in [9.17, 15) is 0 Å². The molecule has 0 N–H and O–H groups in total. The third-order valence-electron chi connectivity index (χ3n) is 2.14. The Labute approximate surface area is 77.6 Å². The molecule has 0 radical (unpaired) electrons. The Morgan fingerprint density at radius 2 is 1.58 bits per heavy atom. The summed E-state index contributed by atoms with van der Waals surface area (Å²) < 4.78 is 0. The van der Waals surface area contributed by atoms with Crippen molar-refractivity contribution in [2.45, 2.75) is 11.8 Å². The largest absolute Gasteiger partial charge is 0.158 e. The van der Waals surface area contributed by atoms with E-state index in [-0.39, 0.29) is 0 Å². The summed E-state index contributed by atoms with van der Waals surface area (Å²) >= 11 is 3.58. The van der Waals surface area contributed by atoms with Gasteiger partial charge in [0.05, 0.1) is 0 Å².